The molecule has 3 amide bonds. The van der Waals surface area contributed by atoms with Crippen molar-refractivity contribution in [2.24, 2.45) is 5.92 Å². The van der Waals surface area contributed by atoms with Crippen LogP contribution in [0.2, 0.25) is 0 Å². The second kappa shape index (κ2) is 9.80. The molecular weight excluding hydrogens is 380 g/mol. The number of likely N-dealkylation sites (tertiary alicyclic amines) is 2. The molecule has 2 fully saturated rings. The maximum atomic E-state index is 12.9. The number of rotatable bonds is 6. The summed E-state index contributed by atoms with van der Waals surface area (Å²) in [4.78, 5) is 29.6. The molecule has 2 atom stereocenters. The van der Waals surface area contributed by atoms with Crippen LogP contribution < -0.4 is 10.6 Å². The highest BCUT2D eigenvalue weighted by molar-refractivity contribution is 5.90. The number of nitrogens with one attached hydrogen (secondary N) is 2. The third-order valence-electron chi connectivity index (χ3n) is 6.03. The van der Waals surface area contributed by atoms with Gasteiger partial charge in [-0.05, 0) is 63.0 Å². The molecule has 160 valence electrons. The molecule has 2 aromatic rings. The summed E-state index contributed by atoms with van der Waals surface area (Å²) in [6, 6.07) is 13.2. The minimum absolute atomic E-state index is 0.0166. The fraction of sp³-hybridized carbons (Fsp3) is 0.478. The third kappa shape index (κ3) is 5.02. The molecule has 4 rings (SSSR count). The normalized spacial score (nSPS) is 20.7. The van der Waals surface area contributed by atoms with Crippen molar-refractivity contribution in [1.82, 2.24) is 15.1 Å². The highest BCUT2D eigenvalue weighted by Crippen LogP contribution is 2.25. The number of hydrogen-bond acceptors (Lipinski definition) is 4. The van der Waals surface area contributed by atoms with Crippen molar-refractivity contribution >= 4 is 17.6 Å². The molecule has 0 radical (unpaired) electrons. The number of benzene rings is 1. The standard InChI is InChI=1S/C23H30N4O3/c28-22(24-16-20(21-11-7-15-30-21)26-12-4-5-13-26)18-8-6-14-27(17-18)23(29)25-19-9-2-1-3-10-19/h1-3,7,9-11,15,18,20H,4-6,8,12-14,16-17H2,(H,24,28)(H,25,29). The average molecular weight is 411 g/mol. The molecular formula is C23H30N4O3. The smallest absolute Gasteiger partial charge is 0.321 e. The van der Waals surface area contributed by atoms with E-state index in [9.17, 15) is 9.59 Å². The second-order valence-corrected chi connectivity index (χ2v) is 8.10. The number of nitrogens with zero attached hydrogens (tertiary/aromatic N) is 2. The fourth-order valence-electron chi connectivity index (χ4n) is 4.39. The predicted molar refractivity (Wildman–Crippen MR) is 115 cm³/mol. The number of urea groups is 1. The molecule has 3 heterocycles. The summed E-state index contributed by atoms with van der Waals surface area (Å²) in [5.74, 6) is 0.726. The number of furan rings is 1. The van der Waals surface area contributed by atoms with Crippen LogP contribution in [0.3, 0.4) is 0 Å². The fourth-order valence-corrected chi connectivity index (χ4v) is 4.39. The van der Waals surface area contributed by atoms with E-state index in [1.54, 1.807) is 11.2 Å². The molecule has 2 unspecified atom stereocenters. The zero-order chi connectivity index (χ0) is 20.8. The predicted octanol–water partition coefficient (Wildman–Crippen LogP) is 3.48. The molecule has 2 saturated heterocycles. The van der Waals surface area contributed by atoms with Crippen molar-refractivity contribution in [3.63, 3.8) is 0 Å². The molecule has 0 aliphatic carbocycles. The van der Waals surface area contributed by atoms with Crippen molar-refractivity contribution < 1.29 is 14.0 Å². The van der Waals surface area contributed by atoms with Crippen LogP contribution in [-0.4, -0.2) is 54.5 Å². The van der Waals surface area contributed by atoms with Crippen LogP contribution in [0, 0.1) is 5.92 Å². The Morgan fingerprint density at radius 3 is 2.57 bits per heavy atom. The molecule has 2 aliphatic heterocycles. The van der Waals surface area contributed by atoms with Gasteiger partial charge in [-0.25, -0.2) is 4.79 Å². The van der Waals surface area contributed by atoms with Crippen molar-refractivity contribution in [3.05, 3.63) is 54.5 Å². The summed E-state index contributed by atoms with van der Waals surface area (Å²) in [5.41, 5.74) is 0.765. The Morgan fingerprint density at radius 2 is 1.83 bits per heavy atom. The van der Waals surface area contributed by atoms with Gasteiger partial charge in [0.15, 0.2) is 0 Å². The van der Waals surface area contributed by atoms with E-state index in [2.05, 4.69) is 15.5 Å². The Bertz CT molecular complexity index is 818. The van der Waals surface area contributed by atoms with Crippen LogP contribution in [0.15, 0.2) is 53.1 Å². The van der Waals surface area contributed by atoms with Crippen LogP contribution in [0.4, 0.5) is 10.5 Å². The largest absolute Gasteiger partial charge is 0.468 e. The Morgan fingerprint density at radius 1 is 1.03 bits per heavy atom. The van der Waals surface area contributed by atoms with E-state index in [4.69, 9.17) is 4.42 Å². The Labute approximate surface area is 177 Å². The van der Waals surface area contributed by atoms with Gasteiger partial charge in [0.05, 0.1) is 18.2 Å². The highest BCUT2D eigenvalue weighted by atomic mass is 16.3. The number of carbonyl (C=O) groups is 2. The first-order valence-corrected chi connectivity index (χ1v) is 10.9. The number of para-hydroxylation sites is 1. The maximum absolute atomic E-state index is 12.9. The molecule has 0 spiro atoms. The lowest BCUT2D eigenvalue weighted by atomic mass is 9.97. The molecule has 7 heteroatoms. The van der Waals surface area contributed by atoms with E-state index in [-0.39, 0.29) is 23.9 Å². The van der Waals surface area contributed by atoms with Gasteiger partial charge in [-0.1, -0.05) is 18.2 Å². The van der Waals surface area contributed by atoms with E-state index in [0.29, 0.717) is 19.6 Å². The quantitative estimate of drug-likeness (QED) is 0.764. The summed E-state index contributed by atoms with van der Waals surface area (Å²) in [7, 11) is 0. The summed E-state index contributed by atoms with van der Waals surface area (Å²) < 4.78 is 5.64. The van der Waals surface area contributed by atoms with Gasteiger partial charge in [-0.3, -0.25) is 9.69 Å². The summed E-state index contributed by atoms with van der Waals surface area (Å²) >= 11 is 0. The molecule has 7 nitrogen and oxygen atoms in total. The van der Waals surface area contributed by atoms with Crippen molar-refractivity contribution in [2.45, 2.75) is 31.7 Å². The topological polar surface area (TPSA) is 77.8 Å². The molecule has 2 aliphatic rings. The maximum Gasteiger partial charge on any atom is 0.321 e. The van der Waals surface area contributed by atoms with E-state index in [1.807, 2.05) is 42.5 Å². The number of anilines is 1. The number of amides is 3. The molecule has 1 aromatic carbocycles. The van der Waals surface area contributed by atoms with Crippen molar-refractivity contribution in [1.29, 1.82) is 0 Å². The minimum Gasteiger partial charge on any atom is -0.468 e. The van der Waals surface area contributed by atoms with E-state index < -0.39 is 0 Å². The average Bonchev–Trinajstić information content (AvgIpc) is 3.50. The first kappa shape index (κ1) is 20.5. The van der Waals surface area contributed by atoms with Gasteiger partial charge in [0, 0.05) is 25.3 Å². The molecule has 0 bridgehead atoms. The van der Waals surface area contributed by atoms with Crippen LogP contribution in [0.5, 0.6) is 0 Å². The van der Waals surface area contributed by atoms with Gasteiger partial charge in [0.2, 0.25) is 5.91 Å². The van der Waals surface area contributed by atoms with E-state index >= 15 is 0 Å². The second-order valence-electron chi connectivity index (χ2n) is 8.10. The Hall–Kier alpha value is -2.80. The first-order chi connectivity index (χ1) is 14.7. The summed E-state index contributed by atoms with van der Waals surface area (Å²) in [6.07, 6.45) is 5.67. The van der Waals surface area contributed by atoms with Gasteiger partial charge in [0.1, 0.15) is 5.76 Å². The molecule has 1 aromatic heterocycles. The molecule has 2 N–H and O–H groups in total. The van der Waals surface area contributed by atoms with Crippen LogP contribution in [0.1, 0.15) is 37.5 Å². The lowest BCUT2D eigenvalue weighted by Crippen LogP contribution is -2.48. The summed E-state index contributed by atoms with van der Waals surface area (Å²) in [6.45, 7) is 3.69. The Kier molecular flexibility index (Phi) is 6.69. The van der Waals surface area contributed by atoms with Gasteiger partial charge >= 0.3 is 6.03 Å². The highest BCUT2D eigenvalue weighted by Gasteiger charge is 2.30. The number of carbonyl (C=O) groups excluding carboxylic acids is 2. The van der Waals surface area contributed by atoms with Crippen molar-refractivity contribution in [3.8, 4) is 0 Å². The number of piperidine rings is 1. The van der Waals surface area contributed by atoms with E-state index in [0.717, 1.165) is 37.4 Å². The summed E-state index contributed by atoms with van der Waals surface area (Å²) in [5, 5.41) is 6.04. The molecule has 30 heavy (non-hydrogen) atoms. The van der Waals surface area contributed by atoms with Crippen LogP contribution >= 0.6 is 0 Å². The van der Waals surface area contributed by atoms with Gasteiger partial charge in [0.25, 0.3) is 0 Å². The van der Waals surface area contributed by atoms with Crippen LogP contribution in [0.25, 0.3) is 0 Å². The van der Waals surface area contributed by atoms with Gasteiger partial charge in [-0.2, -0.15) is 0 Å². The van der Waals surface area contributed by atoms with Crippen molar-refractivity contribution in [2.75, 3.05) is 38.0 Å². The minimum atomic E-state index is -0.184. The monoisotopic (exact) mass is 410 g/mol. The first-order valence-electron chi connectivity index (χ1n) is 10.9. The van der Waals surface area contributed by atoms with Gasteiger partial charge < -0.3 is 20.0 Å². The third-order valence-corrected chi connectivity index (χ3v) is 6.03. The lowest BCUT2D eigenvalue weighted by Gasteiger charge is -2.33. The van der Waals surface area contributed by atoms with Gasteiger partial charge in [-0.15, -0.1) is 0 Å². The zero-order valence-electron chi connectivity index (χ0n) is 17.3. The Balaban J connectivity index is 1.32. The van der Waals surface area contributed by atoms with E-state index in [1.165, 1.54) is 12.8 Å². The lowest BCUT2D eigenvalue weighted by molar-refractivity contribution is -0.126. The molecule has 0 saturated carbocycles. The number of hydrogen-bond donors (Lipinski definition) is 2. The zero-order valence-corrected chi connectivity index (χ0v) is 17.3. The van der Waals surface area contributed by atoms with Crippen LogP contribution in [-0.2, 0) is 4.79 Å². The SMILES string of the molecule is O=C(NCC(c1ccco1)N1CCCC1)C1CCCN(C(=O)Nc2ccccc2)C1.